The Balaban J connectivity index is 2.22. The van der Waals surface area contributed by atoms with E-state index in [4.69, 9.17) is 4.74 Å². The molecule has 0 radical (unpaired) electrons. The molecule has 0 aliphatic heterocycles. The van der Waals surface area contributed by atoms with Crippen molar-refractivity contribution in [2.45, 2.75) is 38.0 Å². The molecule has 16 heavy (non-hydrogen) atoms. The quantitative estimate of drug-likeness (QED) is 0.612. The zero-order valence-corrected chi connectivity index (χ0v) is 9.87. The third-order valence-electron chi connectivity index (χ3n) is 2.77. The van der Waals surface area contributed by atoms with E-state index in [-0.39, 0.29) is 11.9 Å². The molecule has 0 aromatic heterocycles. The van der Waals surface area contributed by atoms with E-state index in [2.05, 4.69) is 16.0 Å². The van der Waals surface area contributed by atoms with Crippen LogP contribution in [-0.2, 0) is 9.53 Å². The highest BCUT2D eigenvalue weighted by molar-refractivity contribution is 5.96. The van der Waals surface area contributed by atoms with Crippen molar-refractivity contribution in [3.8, 4) is 0 Å². The fourth-order valence-electron chi connectivity index (χ4n) is 1.61. The van der Waals surface area contributed by atoms with E-state index in [9.17, 15) is 9.59 Å². The van der Waals surface area contributed by atoms with Crippen LogP contribution in [0.2, 0.25) is 0 Å². The normalized spacial score (nSPS) is 25.4. The number of ether oxygens (including phenoxy) is 1. The summed E-state index contributed by atoms with van der Waals surface area (Å²) in [4.78, 5) is 22.4. The molecule has 1 aliphatic carbocycles. The van der Waals surface area contributed by atoms with Crippen LogP contribution in [-0.4, -0.2) is 44.3 Å². The number of imide groups is 1. The van der Waals surface area contributed by atoms with Crippen LogP contribution in [0.15, 0.2) is 0 Å². The minimum absolute atomic E-state index is 0.298. The number of rotatable bonds is 4. The third kappa shape index (κ3) is 3.46. The van der Waals surface area contributed by atoms with Crippen LogP contribution in [0.25, 0.3) is 0 Å². The zero-order valence-electron chi connectivity index (χ0n) is 9.87. The number of hydrogen-bond donors (Lipinski definition) is 3. The van der Waals surface area contributed by atoms with Crippen LogP contribution >= 0.6 is 0 Å². The third-order valence-corrected chi connectivity index (χ3v) is 2.77. The molecule has 1 fully saturated rings. The van der Waals surface area contributed by atoms with E-state index < -0.39 is 6.03 Å². The molecule has 0 bridgehead atoms. The highest BCUT2D eigenvalue weighted by Crippen LogP contribution is 2.22. The van der Waals surface area contributed by atoms with Gasteiger partial charge in [-0.05, 0) is 19.8 Å². The maximum Gasteiger partial charge on any atom is 0.321 e. The first-order valence-electron chi connectivity index (χ1n) is 5.38. The summed E-state index contributed by atoms with van der Waals surface area (Å²) in [5.41, 5.74) is 0. The van der Waals surface area contributed by atoms with Crippen molar-refractivity contribution in [1.82, 2.24) is 16.0 Å². The molecule has 6 nitrogen and oxygen atoms in total. The molecule has 0 saturated heterocycles. The Bertz CT molecular complexity index is 264. The Morgan fingerprint density at radius 3 is 2.50 bits per heavy atom. The van der Waals surface area contributed by atoms with E-state index in [0.717, 1.165) is 12.8 Å². The summed E-state index contributed by atoms with van der Waals surface area (Å²) in [5, 5.41) is 7.69. The summed E-state index contributed by atoms with van der Waals surface area (Å²) in [7, 11) is 3.15. The van der Waals surface area contributed by atoms with Crippen LogP contribution in [0.4, 0.5) is 4.79 Å². The molecule has 6 heteroatoms. The smallest absolute Gasteiger partial charge is 0.321 e. The van der Waals surface area contributed by atoms with Gasteiger partial charge in [0.15, 0.2) is 0 Å². The fourth-order valence-corrected chi connectivity index (χ4v) is 1.61. The minimum atomic E-state index is -0.484. The summed E-state index contributed by atoms with van der Waals surface area (Å²) in [6.07, 6.45) is 2.12. The number of amides is 3. The van der Waals surface area contributed by atoms with Gasteiger partial charge in [-0.15, -0.1) is 0 Å². The Morgan fingerprint density at radius 1 is 1.38 bits per heavy atom. The number of nitrogens with one attached hydrogen (secondary N) is 3. The van der Waals surface area contributed by atoms with Gasteiger partial charge in [0.25, 0.3) is 0 Å². The van der Waals surface area contributed by atoms with Crippen molar-refractivity contribution in [2.24, 2.45) is 0 Å². The zero-order chi connectivity index (χ0) is 12.1. The van der Waals surface area contributed by atoms with Crippen LogP contribution in [0.3, 0.4) is 0 Å². The molecule has 0 aromatic carbocycles. The molecule has 0 heterocycles. The SMILES string of the molecule is CNC(=O)NC(=O)C(C)NC1CC(OC)C1. The molecule has 3 N–H and O–H groups in total. The lowest BCUT2D eigenvalue weighted by molar-refractivity contribution is -0.122. The Morgan fingerprint density at radius 2 is 2.00 bits per heavy atom. The summed E-state index contributed by atoms with van der Waals surface area (Å²) in [6.45, 7) is 1.73. The predicted molar refractivity (Wildman–Crippen MR) is 59.0 cm³/mol. The van der Waals surface area contributed by atoms with Crippen LogP contribution in [0.1, 0.15) is 19.8 Å². The van der Waals surface area contributed by atoms with Gasteiger partial charge >= 0.3 is 6.03 Å². The minimum Gasteiger partial charge on any atom is -0.381 e. The van der Waals surface area contributed by atoms with Gasteiger partial charge in [-0.3, -0.25) is 10.1 Å². The second kappa shape index (κ2) is 5.81. The molecule has 92 valence electrons. The summed E-state index contributed by atoms with van der Waals surface area (Å²) in [5.74, 6) is -0.319. The van der Waals surface area contributed by atoms with Crippen molar-refractivity contribution in [1.29, 1.82) is 0 Å². The summed E-state index contributed by atoms with van der Waals surface area (Å²) in [6, 6.07) is -0.558. The van der Waals surface area contributed by atoms with Crippen LogP contribution < -0.4 is 16.0 Å². The second-order valence-electron chi connectivity index (χ2n) is 3.98. The van der Waals surface area contributed by atoms with Gasteiger partial charge in [-0.25, -0.2) is 4.79 Å². The average Bonchev–Trinajstić information content (AvgIpc) is 2.21. The van der Waals surface area contributed by atoms with Crippen LogP contribution in [0.5, 0.6) is 0 Å². The van der Waals surface area contributed by atoms with Gasteiger partial charge in [0.05, 0.1) is 12.1 Å². The second-order valence-corrected chi connectivity index (χ2v) is 3.98. The molecule has 0 spiro atoms. The van der Waals surface area contributed by atoms with Crippen LogP contribution in [0, 0.1) is 0 Å². The highest BCUT2D eigenvalue weighted by Gasteiger charge is 2.31. The van der Waals surface area contributed by atoms with Gasteiger partial charge in [-0.2, -0.15) is 0 Å². The Labute approximate surface area is 95.1 Å². The summed E-state index contributed by atoms with van der Waals surface area (Å²) >= 11 is 0. The van der Waals surface area contributed by atoms with Gasteiger partial charge in [0, 0.05) is 20.2 Å². The monoisotopic (exact) mass is 229 g/mol. The van der Waals surface area contributed by atoms with Crippen molar-refractivity contribution in [3.63, 3.8) is 0 Å². The molecule has 3 amide bonds. The largest absolute Gasteiger partial charge is 0.381 e. The van der Waals surface area contributed by atoms with Gasteiger partial charge < -0.3 is 15.4 Å². The van der Waals surface area contributed by atoms with E-state index in [1.807, 2.05) is 0 Å². The van der Waals surface area contributed by atoms with Crippen molar-refractivity contribution >= 4 is 11.9 Å². The van der Waals surface area contributed by atoms with Gasteiger partial charge in [0.1, 0.15) is 0 Å². The number of urea groups is 1. The lowest BCUT2D eigenvalue weighted by Crippen LogP contribution is -2.54. The van der Waals surface area contributed by atoms with E-state index in [1.165, 1.54) is 7.05 Å². The molecular weight excluding hydrogens is 210 g/mol. The summed E-state index contributed by atoms with van der Waals surface area (Å²) < 4.78 is 5.14. The van der Waals surface area contributed by atoms with E-state index >= 15 is 0 Å². The Kier molecular flexibility index (Phi) is 4.70. The lowest BCUT2D eigenvalue weighted by atomic mass is 9.88. The molecule has 1 atom stereocenters. The maximum atomic E-state index is 11.5. The number of hydrogen-bond acceptors (Lipinski definition) is 4. The number of carbonyl (C=O) groups excluding carboxylic acids is 2. The molecule has 0 aromatic rings. The molecule has 1 aliphatic rings. The number of carbonyl (C=O) groups is 2. The van der Waals surface area contributed by atoms with Crippen molar-refractivity contribution in [3.05, 3.63) is 0 Å². The highest BCUT2D eigenvalue weighted by atomic mass is 16.5. The fraction of sp³-hybridized carbons (Fsp3) is 0.800. The van der Waals surface area contributed by atoms with Gasteiger partial charge in [-0.1, -0.05) is 0 Å². The predicted octanol–water partition coefficient (Wildman–Crippen LogP) is -0.402. The van der Waals surface area contributed by atoms with E-state index in [0.29, 0.717) is 12.1 Å². The standard InChI is InChI=1S/C10H19N3O3/c1-6(9(14)13-10(15)11-2)12-7-4-8(5-7)16-3/h6-8,12H,4-5H2,1-3H3,(H2,11,13,14,15). The van der Waals surface area contributed by atoms with E-state index in [1.54, 1.807) is 14.0 Å². The molecule has 1 rings (SSSR count). The van der Waals surface area contributed by atoms with Crippen molar-refractivity contribution in [2.75, 3.05) is 14.2 Å². The first kappa shape index (κ1) is 12.9. The maximum absolute atomic E-state index is 11.5. The molecule has 1 unspecified atom stereocenters. The first-order valence-corrected chi connectivity index (χ1v) is 5.38. The lowest BCUT2D eigenvalue weighted by Gasteiger charge is -2.36. The topological polar surface area (TPSA) is 79.5 Å². The number of methoxy groups -OCH3 is 1. The Hall–Kier alpha value is -1.14. The molecular formula is C10H19N3O3. The average molecular weight is 229 g/mol. The molecule has 1 saturated carbocycles. The first-order chi connectivity index (χ1) is 7.56. The van der Waals surface area contributed by atoms with Crippen molar-refractivity contribution < 1.29 is 14.3 Å². The van der Waals surface area contributed by atoms with Gasteiger partial charge in [0.2, 0.25) is 5.91 Å².